The van der Waals surface area contributed by atoms with E-state index in [1.54, 1.807) is 0 Å². The third-order valence-corrected chi connectivity index (χ3v) is 5.22. The molecule has 3 nitrogen and oxygen atoms in total. The molecule has 1 aliphatic rings. The van der Waals surface area contributed by atoms with Crippen molar-refractivity contribution in [3.8, 4) is 0 Å². The minimum Gasteiger partial charge on any atom is -0.390 e. The molecule has 0 bridgehead atoms. The number of rotatable bonds is 1. The fourth-order valence-electron chi connectivity index (χ4n) is 3.19. The van der Waals surface area contributed by atoms with Crippen LogP contribution >= 0.6 is 0 Å². The van der Waals surface area contributed by atoms with Gasteiger partial charge in [0, 0.05) is 0 Å². The molecule has 2 unspecified atom stereocenters. The molecule has 0 radical (unpaired) electrons. The maximum Gasteiger partial charge on any atom is 0.0751 e. The van der Waals surface area contributed by atoms with Crippen LogP contribution in [0.3, 0.4) is 0 Å². The summed E-state index contributed by atoms with van der Waals surface area (Å²) < 4.78 is 0. The molecular formula is C20H36O3. The van der Waals surface area contributed by atoms with E-state index >= 15 is 0 Å². The monoisotopic (exact) mass is 324 g/mol. The van der Waals surface area contributed by atoms with Gasteiger partial charge in [-0.05, 0) is 91.1 Å². The van der Waals surface area contributed by atoms with Gasteiger partial charge < -0.3 is 15.3 Å². The third kappa shape index (κ3) is 7.65. The predicted octanol–water partition coefficient (Wildman–Crippen LogP) is 4.12. The van der Waals surface area contributed by atoms with Gasteiger partial charge >= 0.3 is 0 Å². The molecule has 0 fully saturated rings. The molecular weight excluding hydrogens is 288 g/mol. The van der Waals surface area contributed by atoms with Crippen LogP contribution in [0, 0.1) is 5.92 Å². The van der Waals surface area contributed by atoms with Crippen LogP contribution in [-0.2, 0) is 0 Å². The molecule has 134 valence electrons. The number of allylic oxidation sites excluding steroid dienone is 3. The van der Waals surface area contributed by atoms with E-state index in [1.165, 1.54) is 5.57 Å². The fourth-order valence-corrected chi connectivity index (χ4v) is 3.19. The van der Waals surface area contributed by atoms with Crippen molar-refractivity contribution in [2.45, 2.75) is 96.9 Å². The summed E-state index contributed by atoms with van der Waals surface area (Å²) in [4.78, 5) is 0. The van der Waals surface area contributed by atoms with Crippen molar-refractivity contribution in [3.63, 3.8) is 0 Å². The Bertz CT molecular complexity index is 427. The molecule has 0 aromatic rings. The lowest BCUT2D eigenvalue weighted by Gasteiger charge is -2.31. The van der Waals surface area contributed by atoms with Crippen LogP contribution < -0.4 is 0 Å². The standard InChI is InChI=1S/C20H36O3/c1-15-8-6-12-20(5,23)13-7-9-16(2)18(21)14-17(11-10-15)19(3,4)22/h9-10,17-18,21-23H,6-8,11-14H2,1-5H3/b15-10+,16-9+/t17-,18?,20?/m0/s1. The highest BCUT2D eigenvalue weighted by molar-refractivity contribution is 5.07. The number of aliphatic hydroxyl groups excluding tert-OH is 1. The van der Waals surface area contributed by atoms with Crippen LogP contribution in [0.4, 0.5) is 0 Å². The summed E-state index contributed by atoms with van der Waals surface area (Å²) in [6.07, 6.45) is 9.27. The molecule has 0 amide bonds. The zero-order valence-corrected chi connectivity index (χ0v) is 15.6. The second kappa shape index (κ2) is 8.46. The van der Waals surface area contributed by atoms with Crippen LogP contribution in [0.25, 0.3) is 0 Å². The summed E-state index contributed by atoms with van der Waals surface area (Å²) in [7, 11) is 0. The van der Waals surface area contributed by atoms with Gasteiger partial charge in [-0.1, -0.05) is 17.7 Å². The topological polar surface area (TPSA) is 60.7 Å². The Morgan fingerprint density at radius 2 is 1.83 bits per heavy atom. The molecule has 3 heteroatoms. The van der Waals surface area contributed by atoms with Crippen molar-refractivity contribution in [2.75, 3.05) is 0 Å². The summed E-state index contributed by atoms with van der Waals surface area (Å²) in [5, 5.41) is 31.3. The lowest BCUT2D eigenvalue weighted by Crippen LogP contribution is -2.33. The Balaban J connectivity index is 2.93. The van der Waals surface area contributed by atoms with E-state index < -0.39 is 17.3 Å². The Kier molecular flexibility index (Phi) is 7.50. The summed E-state index contributed by atoms with van der Waals surface area (Å²) in [6, 6.07) is 0. The SMILES string of the molecule is C/C1=C\C[C@H](C(C)(C)O)CC(O)/C(C)=C/CCC(C)(O)CCC1. The first-order chi connectivity index (χ1) is 10.5. The van der Waals surface area contributed by atoms with Crippen molar-refractivity contribution in [1.29, 1.82) is 0 Å². The van der Waals surface area contributed by atoms with E-state index in [0.717, 1.165) is 44.1 Å². The van der Waals surface area contributed by atoms with E-state index in [2.05, 4.69) is 13.0 Å². The lowest BCUT2D eigenvalue weighted by molar-refractivity contribution is -0.00140. The van der Waals surface area contributed by atoms with E-state index in [-0.39, 0.29) is 5.92 Å². The van der Waals surface area contributed by atoms with Crippen LogP contribution in [-0.4, -0.2) is 32.6 Å². The average molecular weight is 325 g/mol. The Hall–Kier alpha value is -0.640. The van der Waals surface area contributed by atoms with E-state index in [4.69, 9.17) is 0 Å². The van der Waals surface area contributed by atoms with Crippen molar-refractivity contribution < 1.29 is 15.3 Å². The molecule has 0 aliphatic heterocycles. The highest BCUT2D eigenvalue weighted by Crippen LogP contribution is 2.30. The maximum absolute atomic E-state index is 10.5. The van der Waals surface area contributed by atoms with E-state index in [9.17, 15) is 15.3 Å². The first kappa shape index (κ1) is 20.4. The van der Waals surface area contributed by atoms with E-state index in [1.807, 2.05) is 33.8 Å². The molecule has 3 atom stereocenters. The van der Waals surface area contributed by atoms with Crippen LogP contribution in [0.2, 0.25) is 0 Å². The molecule has 1 aliphatic carbocycles. The quantitative estimate of drug-likeness (QED) is 0.636. The molecule has 0 heterocycles. The molecule has 23 heavy (non-hydrogen) atoms. The summed E-state index contributed by atoms with van der Waals surface area (Å²) in [5.41, 5.74) is 0.794. The predicted molar refractivity (Wildman–Crippen MR) is 96.3 cm³/mol. The summed E-state index contributed by atoms with van der Waals surface area (Å²) in [6.45, 7) is 9.61. The van der Waals surface area contributed by atoms with Crippen LogP contribution in [0.1, 0.15) is 79.6 Å². The second-order valence-electron chi connectivity index (χ2n) is 8.23. The first-order valence-electron chi connectivity index (χ1n) is 8.96. The number of hydrogen-bond donors (Lipinski definition) is 3. The van der Waals surface area contributed by atoms with Gasteiger partial charge in [0.1, 0.15) is 0 Å². The van der Waals surface area contributed by atoms with Gasteiger partial charge in [0.05, 0.1) is 17.3 Å². The normalized spacial score (nSPS) is 37.2. The summed E-state index contributed by atoms with van der Waals surface area (Å²) in [5.74, 6) is 0.0295. The van der Waals surface area contributed by atoms with E-state index in [0.29, 0.717) is 6.42 Å². The largest absolute Gasteiger partial charge is 0.390 e. The van der Waals surface area contributed by atoms with Crippen molar-refractivity contribution in [2.24, 2.45) is 5.92 Å². The highest BCUT2D eigenvalue weighted by atomic mass is 16.3. The average Bonchev–Trinajstić information content (AvgIpc) is 2.40. The number of aliphatic hydroxyl groups is 3. The molecule has 0 spiro atoms. The second-order valence-corrected chi connectivity index (χ2v) is 8.23. The summed E-state index contributed by atoms with van der Waals surface area (Å²) >= 11 is 0. The molecule has 3 N–H and O–H groups in total. The van der Waals surface area contributed by atoms with Gasteiger partial charge in [-0.3, -0.25) is 0 Å². The van der Waals surface area contributed by atoms with Crippen LogP contribution in [0.15, 0.2) is 23.3 Å². The molecule has 0 saturated carbocycles. The van der Waals surface area contributed by atoms with Gasteiger partial charge in [-0.15, -0.1) is 0 Å². The minimum absolute atomic E-state index is 0.0295. The van der Waals surface area contributed by atoms with Crippen LogP contribution in [0.5, 0.6) is 0 Å². The zero-order valence-electron chi connectivity index (χ0n) is 15.6. The van der Waals surface area contributed by atoms with Gasteiger partial charge in [0.25, 0.3) is 0 Å². The number of hydrogen-bond acceptors (Lipinski definition) is 3. The maximum atomic E-state index is 10.5. The van der Waals surface area contributed by atoms with Gasteiger partial charge in [0.2, 0.25) is 0 Å². The van der Waals surface area contributed by atoms with Gasteiger partial charge in [-0.2, -0.15) is 0 Å². The highest BCUT2D eigenvalue weighted by Gasteiger charge is 2.29. The van der Waals surface area contributed by atoms with Crippen molar-refractivity contribution >= 4 is 0 Å². The molecule has 0 saturated heterocycles. The van der Waals surface area contributed by atoms with Crippen molar-refractivity contribution in [3.05, 3.63) is 23.3 Å². The Morgan fingerprint density at radius 1 is 1.17 bits per heavy atom. The minimum atomic E-state index is -0.807. The Morgan fingerprint density at radius 3 is 2.43 bits per heavy atom. The van der Waals surface area contributed by atoms with Gasteiger partial charge in [-0.25, -0.2) is 0 Å². The van der Waals surface area contributed by atoms with Gasteiger partial charge in [0.15, 0.2) is 0 Å². The fraction of sp³-hybridized carbons (Fsp3) is 0.800. The molecule has 0 aromatic heterocycles. The third-order valence-electron chi connectivity index (χ3n) is 5.22. The van der Waals surface area contributed by atoms with Crippen molar-refractivity contribution in [1.82, 2.24) is 0 Å². The Labute approximate surface area is 142 Å². The first-order valence-corrected chi connectivity index (χ1v) is 8.96. The molecule has 0 aromatic carbocycles. The zero-order chi connectivity index (χ0) is 17.7. The lowest BCUT2D eigenvalue weighted by atomic mass is 9.81. The smallest absolute Gasteiger partial charge is 0.0751 e. The molecule has 1 rings (SSSR count).